The molecule has 0 saturated carbocycles. The number of nitrogens with one attached hydrogen (secondary N) is 1. The monoisotopic (exact) mass is 890 g/mol. The number of nitrogens with zero attached hydrogens (tertiary/aromatic N) is 5. The molecule has 332 valence electrons. The summed E-state index contributed by atoms with van der Waals surface area (Å²) in [6, 6.07) is 31.8. The van der Waals surface area contributed by atoms with Gasteiger partial charge in [-0.1, -0.05) is 96.7 Å². The minimum atomic E-state index is -2.16. The van der Waals surface area contributed by atoms with Gasteiger partial charge >= 0.3 is 11.9 Å². The van der Waals surface area contributed by atoms with Crippen molar-refractivity contribution in [1.29, 1.82) is 0 Å². The normalized spacial score (nSPS) is 19.9. The fourth-order valence-electron chi connectivity index (χ4n) is 7.59. The van der Waals surface area contributed by atoms with E-state index in [4.69, 9.17) is 33.2 Å². The predicted octanol–water partition coefficient (Wildman–Crippen LogP) is 4.99. The van der Waals surface area contributed by atoms with Crippen LogP contribution in [-0.2, 0) is 56.5 Å². The number of hydrogen-bond donors (Lipinski definition) is 1. The molecule has 2 amide bonds. The average molecular weight is 891 g/mol. The summed E-state index contributed by atoms with van der Waals surface area (Å²) in [6.07, 6.45) is 0.0346. The minimum absolute atomic E-state index is 0.0874. The van der Waals surface area contributed by atoms with Crippen molar-refractivity contribution in [3.8, 4) is 11.5 Å². The molecule has 0 bridgehead atoms. The Hall–Kier alpha value is -6.60. The summed E-state index contributed by atoms with van der Waals surface area (Å²) in [7, 11) is 4.45. The van der Waals surface area contributed by atoms with Crippen LogP contribution in [0.15, 0.2) is 126 Å². The number of amides is 2. The Morgan fingerprint density at radius 3 is 2.17 bits per heavy atom. The Bertz CT molecular complexity index is 2430. The molecule has 3 aliphatic rings. The number of hydrogen-bond acceptors (Lipinski definition) is 15. The van der Waals surface area contributed by atoms with E-state index in [1.807, 2.05) is 60.7 Å². The van der Waals surface area contributed by atoms with Crippen molar-refractivity contribution in [2.45, 2.75) is 61.3 Å². The molecule has 2 unspecified atom stereocenters. The van der Waals surface area contributed by atoms with Gasteiger partial charge in [-0.3, -0.25) is 19.3 Å². The highest BCUT2D eigenvalue weighted by atomic mass is 32.2. The van der Waals surface area contributed by atoms with E-state index in [1.54, 1.807) is 62.7 Å². The van der Waals surface area contributed by atoms with Crippen molar-refractivity contribution < 1.29 is 52.3 Å². The smallest absolute Gasteiger partial charge is 0.356 e. The lowest BCUT2D eigenvalue weighted by atomic mass is 9.92. The number of carbonyl (C=O) groups is 4. The van der Waals surface area contributed by atoms with Gasteiger partial charge in [-0.2, -0.15) is 0 Å². The number of tetrazole rings is 1. The Kier molecular flexibility index (Phi) is 13.6. The maximum absolute atomic E-state index is 14.6. The van der Waals surface area contributed by atoms with Gasteiger partial charge < -0.3 is 38.5 Å². The molecule has 0 aliphatic carbocycles. The van der Waals surface area contributed by atoms with Crippen LogP contribution in [0.5, 0.6) is 11.5 Å². The van der Waals surface area contributed by atoms with E-state index in [-0.39, 0.29) is 30.2 Å². The standard InChI is InChI=1S/C46H46N6O11S/c1-51-45(48-49-50-51)64-28-33-27-61-44-46(58-3,43(56)52(44)38(33)42(55)63-39(31-12-6-4-7-13-31)32-14-8-5-9-15-32)47-40(53)37(41(54)60-26-29-17-21-34(57-2)22-18-29)30-19-23-35(24-20-30)62-36-16-10-11-25-59-36/h4-9,12-15,17-24,36-37,39,44H,10-11,16,25-28H2,1-3H3,(H,47,53)/t36?,37?,44-,46+/m1/s1. The predicted molar refractivity (Wildman–Crippen MR) is 228 cm³/mol. The van der Waals surface area contributed by atoms with E-state index in [9.17, 15) is 19.2 Å². The second-order valence-corrected chi connectivity index (χ2v) is 16.0. The molecule has 1 aromatic heterocycles. The first-order valence-electron chi connectivity index (χ1n) is 20.6. The number of thioether (sulfide) groups is 1. The molecule has 4 atom stereocenters. The molecule has 4 aromatic carbocycles. The molecule has 18 heteroatoms. The highest BCUT2D eigenvalue weighted by Gasteiger charge is 2.68. The molecule has 64 heavy (non-hydrogen) atoms. The molecule has 8 rings (SSSR count). The number of fused-ring (bicyclic) bond motifs is 1. The Morgan fingerprint density at radius 1 is 0.875 bits per heavy atom. The molecule has 2 fully saturated rings. The van der Waals surface area contributed by atoms with Gasteiger partial charge in [-0.25, -0.2) is 9.48 Å². The van der Waals surface area contributed by atoms with Gasteiger partial charge in [0, 0.05) is 26.3 Å². The Labute approximate surface area is 372 Å². The summed E-state index contributed by atoms with van der Waals surface area (Å²) in [6.45, 7) is 0.266. The quantitative estimate of drug-likeness (QED) is 0.0432. The number of ether oxygens (including phenoxy) is 7. The van der Waals surface area contributed by atoms with Crippen molar-refractivity contribution >= 4 is 35.5 Å². The molecule has 5 aromatic rings. The van der Waals surface area contributed by atoms with Gasteiger partial charge in [0.05, 0.1) is 20.3 Å². The van der Waals surface area contributed by atoms with E-state index in [0.717, 1.165) is 24.2 Å². The number of rotatable bonds is 17. The lowest BCUT2D eigenvalue weighted by Crippen LogP contribution is -2.83. The Morgan fingerprint density at radius 2 is 1.56 bits per heavy atom. The number of esters is 2. The van der Waals surface area contributed by atoms with E-state index in [2.05, 4.69) is 20.8 Å². The number of aromatic nitrogens is 4. The van der Waals surface area contributed by atoms with Gasteiger partial charge in [0.2, 0.25) is 11.1 Å². The molecule has 17 nitrogen and oxygen atoms in total. The van der Waals surface area contributed by atoms with Crippen LogP contribution in [0.3, 0.4) is 0 Å². The molecule has 2 saturated heterocycles. The lowest BCUT2D eigenvalue weighted by Gasteiger charge is -2.55. The third-order valence-electron chi connectivity index (χ3n) is 11.0. The number of methoxy groups -OCH3 is 2. The molecular weight excluding hydrogens is 845 g/mol. The van der Waals surface area contributed by atoms with Crippen molar-refractivity contribution in [3.63, 3.8) is 0 Å². The van der Waals surface area contributed by atoms with Gasteiger partial charge in [-0.05, 0) is 75.4 Å². The van der Waals surface area contributed by atoms with Gasteiger partial charge in [0.1, 0.15) is 23.8 Å². The maximum Gasteiger partial charge on any atom is 0.356 e. The van der Waals surface area contributed by atoms with Crippen molar-refractivity contribution in [2.24, 2.45) is 7.05 Å². The van der Waals surface area contributed by atoms with Crippen LogP contribution in [0.1, 0.15) is 53.5 Å². The second-order valence-electron chi connectivity index (χ2n) is 15.1. The van der Waals surface area contributed by atoms with E-state index < -0.39 is 54.0 Å². The van der Waals surface area contributed by atoms with E-state index >= 15 is 0 Å². The third-order valence-corrected chi connectivity index (χ3v) is 12.1. The topological polar surface area (TPSA) is 192 Å². The summed E-state index contributed by atoms with van der Waals surface area (Å²) >= 11 is 1.23. The van der Waals surface area contributed by atoms with Gasteiger partial charge in [-0.15, -0.1) is 5.10 Å². The van der Waals surface area contributed by atoms with Crippen LogP contribution in [0.4, 0.5) is 0 Å². The van der Waals surface area contributed by atoms with Crippen LogP contribution in [-0.4, -0.2) is 100 Å². The average Bonchev–Trinajstić information content (AvgIpc) is 3.76. The maximum atomic E-state index is 14.6. The molecule has 3 aliphatic heterocycles. The van der Waals surface area contributed by atoms with Crippen LogP contribution in [0.25, 0.3) is 0 Å². The summed E-state index contributed by atoms with van der Waals surface area (Å²) in [5.74, 6) is -3.81. The van der Waals surface area contributed by atoms with Crippen LogP contribution < -0.4 is 14.8 Å². The second kappa shape index (κ2) is 19.8. The van der Waals surface area contributed by atoms with Crippen LogP contribution in [0.2, 0.25) is 0 Å². The molecular formula is C46H46N6O11S. The third kappa shape index (κ3) is 9.35. The zero-order chi connectivity index (χ0) is 44.6. The summed E-state index contributed by atoms with van der Waals surface area (Å²) in [4.78, 5) is 59.0. The van der Waals surface area contributed by atoms with Gasteiger partial charge in [0.15, 0.2) is 24.5 Å². The zero-order valence-corrected chi connectivity index (χ0v) is 36.1. The fraction of sp³-hybridized carbons (Fsp3) is 0.326. The number of carbonyl (C=O) groups excluding carboxylic acids is 4. The highest BCUT2D eigenvalue weighted by molar-refractivity contribution is 7.99. The van der Waals surface area contributed by atoms with Crippen molar-refractivity contribution in [1.82, 2.24) is 30.4 Å². The first-order valence-corrected chi connectivity index (χ1v) is 21.6. The summed E-state index contributed by atoms with van der Waals surface area (Å²) in [5.41, 5.74) is 0.456. The Balaban J connectivity index is 1.08. The van der Waals surface area contributed by atoms with Crippen LogP contribution in [0, 0.1) is 0 Å². The summed E-state index contributed by atoms with van der Waals surface area (Å²) in [5, 5.41) is 14.7. The largest absolute Gasteiger partial charge is 0.497 e. The molecule has 0 spiro atoms. The van der Waals surface area contributed by atoms with Crippen molar-refractivity contribution in [2.75, 3.05) is 33.2 Å². The molecule has 4 heterocycles. The summed E-state index contributed by atoms with van der Waals surface area (Å²) < 4.78 is 42.5. The first-order chi connectivity index (χ1) is 31.2. The van der Waals surface area contributed by atoms with Crippen molar-refractivity contribution in [3.05, 3.63) is 143 Å². The van der Waals surface area contributed by atoms with Crippen LogP contribution >= 0.6 is 11.8 Å². The number of aryl methyl sites for hydroxylation is 1. The molecule has 1 N–H and O–H groups in total. The molecule has 0 radical (unpaired) electrons. The SMILES string of the molecule is COc1ccc(COC(=O)C(C(=O)N[C@]2(OC)C(=O)N3C(C(=O)OC(c4ccccc4)c4ccccc4)=C(CSc4nnnn4C)CO[C@@H]32)c2ccc(OC3CCCCO3)cc2)cc1. The fourth-order valence-corrected chi connectivity index (χ4v) is 8.43. The highest BCUT2D eigenvalue weighted by Crippen LogP contribution is 2.43. The first kappa shape index (κ1) is 44.0. The van der Waals surface area contributed by atoms with Gasteiger partial charge in [0.25, 0.3) is 11.6 Å². The minimum Gasteiger partial charge on any atom is -0.497 e. The lowest BCUT2D eigenvalue weighted by molar-refractivity contribution is -0.258. The number of benzene rings is 4. The van der Waals surface area contributed by atoms with E-state index in [1.165, 1.54) is 23.6 Å². The van der Waals surface area contributed by atoms with E-state index in [0.29, 0.717) is 45.5 Å². The number of β-lactam (4-membered cyclic amide) rings is 1. The zero-order valence-electron chi connectivity index (χ0n) is 35.3.